The average Bonchev–Trinajstić information content (AvgIpc) is 3.05. The van der Waals surface area contributed by atoms with Crippen LogP contribution in [-0.4, -0.2) is 29.8 Å². The van der Waals surface area contributed by atoms with Crippen LogP contribution in [0.5, 0.6) is 11.5 Å². The smallest absolute Gasteiger partial charge is 0.273 e. The summed E-state index contributed by atoms with van der Waals surface area (Å²) >= 11 is 0. The number of amides is 1. The fourth-order valence-electron chi connectivity index (χ4n) is 2.59. The van der Waals surface area contributed by atoms with Gasteiger partial charge in [0.2, 0.25) is 0 Å². The number of benzene rings is 1. The van der Waals surface area contributed by atoms with Crippen molar-refractivity contribution in [2.45, 2.75) is 32.8 Å². The molecule has 0 atom stereocenters. The fourth-order valence-corrected chi connectivity index (χ4v) is 2.59. The summed E-state index contributed by atoms with van der Waals surface area (Å²) in [6.45, 7) is 6.57. The molecule has 0 bridgehead atoms. The van der Waals surface area contributed by atoms with Gasteiger partial charge in [-0.2, -0.15) is 0 Å². The number of para-hydroxylation sites is 1. The molecule has 0 fully saturated rings. The van der Waals surface area contributed by atoms with E-state index in [9.17, 15) is 4.79 Å². The number of fused-ring (bicyclic) bond motifs is 1. The molecule has 23 heavy (non-hydrogen) atoms. The number of nitrogens with one attached hydrogen (secondary N) is 1. The van der Waals surface area contributed by atoms with E-state index in [4.69, 9.17) is 14.0 Å². The topological polar surface area (TPSA) is 73.6 Å². The van der Waals surface area contributed by atoms with E-state index in [1.165, 1.54) is 0 Å². The second kappa shape index (κ2) is 5.95. The third-order valence-corrected chi connectivity index (χ3v) is 3.56. The van der Waals surface area contributed by atoms with Gasteiger partial charge in [0, 0.05) is 18.1 Å². The van der Waals surface area contributed by atoms with Gasteiger partial charge in [0.25, 0.3) is 5.91 Å². The Bertz CT molecular complexity index is 721. The van der Waals surface area contributed by atoms with Gasteiger partial charge in [0.15, 0.2) is 17.2 Å². The quantitative estimate of drug-likeness (QED) is 0.858. The second-order valence-electron chi connectivity index (χ2n) is 6.21. The number of ether oxygens (including phenoxy) is 2. The summed E-state index contributed by atoms with van der Waals surface area (Å²) in [6, 6.07) is 7.47. The molecule has 1 aliphatic heterocycles. The Morgan fingerprint density at radius 3 is 3.00 bits per heavy atom. The first kappa shape index (κ1) is 15.4. The summed E-state index contributed by atoms with van der Waals surface area (Å²) in [6.07, 6.45) is 0.863. The Morgan fingerprint density at radius 2 is 2.26 bits per heavy atom. The number of aromatic nitrogens is 1. The molecule has 0 unspecified atom stereocenters. The van der Waals surface area contributed by atoms with E-state index in [1.807, 2.05) is 18.2 Å². The highest BCUT2D eigenvalue weighted by Crippen LogP contribution is 2.41. The second-order valence-corrected chi connectivity index (χ2v) is 6.21. The third-order valence-electron chi connectivity index (χ3n) is 3.56. The number of nitrogens with zero attached hydrogens (tertiary/aromatic N) is 1. The van der Waals surface area contributed by atoms with Gasteiger partial charge in [-0.15, -0.1) is 0 Å². The lowest BCUT2D eigenvalue weighted by molar-refractivity contribution is 0.0937. The molecular formula is C17H20N2O4. The minimum atomic E-state index is -0.277. The average molecular weight is 316 g/mol. The Balaban J connectivity index is 1.52. The number of rotatable bonds is 5. The van der Waals surface area contributed by atoms with E-state index in [-0.39, 0.29) is 17.2 Å². The minimum absolute atomic E-state index is 0.208. The number of carbonyl (C=O) groups is 1. The summed E-state index contributed by atoms with van der Waals surface area (Å²) in [5.41, 5.74) is 1.21. The molecular weight excluding hydrogens is 296 g/mol. The zero-order chi connectivity index (χ0) is 16.4. The van der Waals surface area contributed by atoms with Gasteiger partial charge in [0.1, 0.15) is 18.0 Å². The molecule has 1 aromatic heterocycles. The molecule has 0 saturated carbocycles. The molecule has 6 nitrogen and oxygen atoms in total. The van der Waals surface area contributed by atoms with E-state index in [0.29, 0.717) is 24.7 Å². The van der Waals surface area contributed by atoms with Crippen molar-refractivity contribution in [1.82, 2.24) is 10.5 Å². The van der Waals surface area contributed by atoms with Crippen molar-refractivity contribution in [3.8, 4) is 11.5 Å². The van der Waals surface area contributed by atoms with E-state index < -0.39 is 0 Å². The molecule has 1 aliphatic rings. The monoisotopic (exact) mass is 316 g/mol. The lowest BCUT2D eigenvalue weighted by Gasteiger charge is -2.18. The molecule has 122 valence electrons. The van der Waals surface area contributed by atoms with Crippen LogP contribution < -0.4 is 14.8 Å². The first-order valence-corrected chi connectivity index (χ1v) is 7.60. The largest absolute Gasteiger partial charge is 0.488 e. The first-order valence-electron chi connectivity index (χ1n) is 7.60. The number of hydrogen-bond acceptors (Lipinski definition) is 5. The van der Waals surface area contributed by atoms with Crippen LogP contribution in [0.3, 0.4) is 0 Å². The van der Waals surface area contributed by atoms with Crippen molar-refractivity contribution >= 4 is 5.91 Å². The van der Waals surface area contributed by atoms with Gasteiger partial charge in [-0.1, -0.05) is 17.3 Å². The Kier molecular flexibility index (Phi) is 3.98. The maximum absolute atomic E-state index is 11.8. The molecule has 0 aliphatic carbocycles. The van der Waals surface area contributed by atoms with Crippen LogP contribution in [0.15, 0.2) is 28.8 Å². The van der Waals surface area contributed by atoms with Gasteiger partial charge in [-0.3, -0.25) is 4.79 Å². The molecule has 1 N–H and O–H groups in total. The summed E-state index contributed by atoms with van der Waals surface area (Å²) in [4.78, 5) is 11.8. The predicted molar refractivity (Wildman–Crippen MR) is 83.9 cm³/mol. The standard InChI is InChI=1S/C17H20N2O4/c1-11-9-13(19-23-11)16(20)18-7-8-21-14-6-4-5-12-10-17(2,3)22-15(12)14/h4-6,9H,7-8,10H2,1-3H3,(H,18,20). The van der Waals surface area contributed by atoms with Crippen molar-refractivity contribution in [3.63, 3.8) is 0 Å². The van der Waals surface area contributed by atoms with E-state index in [2.05, 4.69) is 24.3 Å². The summed E-state index contributed by atoms with van der Waals surface area (Å²) in [7, 11) is 0. The highest BCUT2D eigenvalue weighted by atomic mass is 16.5. The SMILES string of the molecule is Cc1cc(C(=O)NCCOc2cccc3c2OC(C)(C)C3)no1. The minimum Gasteiger partial charge on any atom is -0.488 e. The summed E-state index contributed by atoms with van der Waals surface area (Å²) < 4.78 is 16.6. The molecule has 1 amide bonds. The zero-order valence-corrected chi connectivity index (χ0v) is 13.5. The molecule has 0 radical (unpaired) electrons. The Hall–Kier alpha value is -2.50. The molecule has 6 heteroatoms. The first-order chi connectivity index (χ1) is 10.9. The summed E-state index contributed by atoms with van der Waals surface area (Å²) in [5, 5.41) is 6.41. The van der Waals surface area contributed by atoms with Crippen LogP contribution in [0, 0.1) is 6.92 Å². The third kappa shape index (κ3) is 3.47. The Morgan fingerprint density at radius 1 is 1.43 bits per heavy atom. The lowest BCUT2D eigenvalue weighted by atomic mass is 10.0. The molecule has 0 saturated heterocycles. The van der Waals surface area contributed by atoms with Gasteiger partial charge in [-0.25, -0.2) is 0 Å². The van der Waals surface area contributed by atoms with Gasteiger partial charge in [-0.05, 0) is 26.8 Å². The lowest BCUT2D eigenvalue weighted by Crippen LogP contribution is -2.28. The highest BCUT2D eigenvalue weighted by Gasteiger charge is 2.32. The van der Waals surface area contributed by atoms with E-state index in [0.717, 1.165) is 17.7 Å². The maximum Gasteiger partial charge on any atom is 0.273 e. The van der Waals surface area contributed by atoms with Crippen LogP contribution >= 0.6 is 0 Å². The zero-order valence-electron chi connectivity index (χ0n) is 13.5. The molecule has 0 spiro atoms. The summed E-state index contributed by atoms with van der Waals surface area (Å²) in [5.74, 6) is 1.84. The van der Waals surface area contributed by atoms with Crippen LogP contribution in [0.1, 0.15) is 35.7 Å². The predicted octanol–water partition coefficient (Wildman–Crippen LogP) is 2.51. The molecule has 3 rings (SSSR count). The van der Waals surface area contributed by atoms with E-state index >= 15 is 0 Å². The molecule has 2 heterocycles. The van der Waals surface area contributed by atoms with Crippen molar-refractivity contribution < 1.29 is 18.8 Å². The van der Waals surface area contributed by atoms with Crippen LogP contribution in [0.25, 0.3) is 0 Å². The Labute approximate surface area is 134 Å². The van der Waals surface area contributed by atoms with Crippen molar-refractivity contribution in [3.05, 3.63) is 41.3 Å². The number of carbonyl (C=O) groups excluding carboxylic acids is 1. The number of aryl methyl sites for hydroxylation is 1. The molecule has 1 aromatic carbocycles. The van der Waals surface area contributed by atoms with Gasteiger partial charge >= 0.3 is 0 Å². The van der Waals surface area contributed by atoms with Crippen LogP contribution in [-0.2, 0) is 6.42 Å². The number of hydrogen-bond donors (Lipinski definition) is 1. The van der Waals surface area contributed by atoms with Crippen molar-refractivity contribution in [1.29, 1.82) is 0 Å². The van der Waals surface area contributed by atoms with E-state index in [1.54, 1.807) is 13.0 Å². The molecule has 2 aromatic rings. The van der Waals surface area contributed by atoms with Crippen molar-refractivity contribution in [2.24, 2.45) is 0 Å². The normalized spacial score (nSPS) is 14.9. The van der Waals surface area contributed by atoms with Crippen LogP contribution in [0.2, 0.25) is 0 Å². The van der Waals surface area contributed by atoms with Crippen LogP contribution in [0.4, 0.5) is 0 Å². The van der Waals surface area contributed by atoms with Crippen molar-refractivity contribution in [2.75, 3.05) is 13.2 Å². The highest BCUT2D eigenvalue weighted by molar-refractivity contribution is 5.92. The maximum atomic E-state index is 11.8. The van der Waals surface area contributed by atoms with Gasteiger partial charge in [0.05, 0.1) is 6.54 Å². The fraction of sp³-hybridized carbons (Fsp3) is 0.412. The van der Waals surface area contributed by atoms with Gasteiger partial charge < -0.3 is 19.3 Å².